The van der Waals surface area contributed by atoms with Crippen LogP contribution in [0.25, 0.3) is 10.4 Å². The van der Waals surface area contributed by atoms with Crippen LogP contribution in [0.5, 0.6) is 0 Å². The first-order valence-corrected chi connectivity index (χ1v) is 3.88. The molecule has 1 fully saturated rings. The Bertz CT molecular complexity index is 259. The molecule has 4 atom stereocenters. The van der Waals surface area contributed by atoms with Crippen molar-refractivity contribution in [3.63, 3.8) is 0 Å². The Morgan fingerprint density at radius 2 is 2.21 bits per heavy atom. The molecule has 14 heavy (non-hydrogen) atoms. The van der Waals surface area contributed by atoms with Crippen molar-refractivity contribution in [2.24, 2.45) is 5.11 Å². The van der Waals surface area contributed by atoms with E-state index >= 15 is 0 Å². The van der Waals surface area contributed by atoms with Gasteiger partial charge in [-0.3, -0.25) is 0 Å². The number of rotatable bonds is 3. The van der Waals surface area contributed by atoms with E-state index in [9.17, 15) is 19.7 Å². The van der Waals surface area contributed by atoms with Gasteiger partial charge in [0.15, 0.2) is 0 Å². The summed E-state index contributed by atoms with van der Waals surface area (Å²) in [6, 6.07) is 0. The maximum atomic E-state index is 12.3. The van der Waals surface area contributed by atoms with Crippen molar-refractivity contribution in [2.75, 3.05) is 13.2 Å². The first-order valence-electron chi connectivity index (χ1n) is 3.88. The quantitative estimate of drug-likeness (QED) is 0.315. The molecule has 80 valence electrons. The second-order valence-electron chi connectivity index (χ2n) is 2.98. The standard InChI is InChI=1S/C6H10FN3O4/c7-2-6(13)5(12)4(11)3(14-6)1-9-10-8/h3-5,11-13H,1-2H2/t3-,4+,5-,6?/m0/s1. The fourth-order valence-electron chi connectivity index (χ4n) is 1.24. The molecule has 7 nitrogen and oxygen atoms in total. The van der Waals surface area contributed by atoms with Crippen LogP contribution in [-0.4, -0.2) is 52.6 Å². The summed E-state index contributed by atoms with van der Waals surface area (Å²) in [6.07, 6.45) is -4.31. The van der Waals surface area contributed by atoms with Gasteiger partial charge in [-0.25, -0.2) is 4.39 Å². The van der Waals surface area contributed by atoms with Crippen LogP contribution in [0.1, 0.15) is 0 Å². The highest BCUT2D eigenvalue weighted by Crippen LogP contribution is 2.29. The number of alkyl halides is 1. The van der Waals surface area contributed by atoms with E-state index in [1.54, 1.807) is 0 Å². The van der Waals surface area contributed by atoms with Gasteiger partial charge in [-0.05, 0) is 5.53 Å². The normalized spacial score (nSPS) is 42.1. The number of halogens is 1. The van der Waals surface area contributed by atoms with Crippen molar-refractivity contribution in [3.05, 3.63) is 10.4 Å². The Morgan fingerprint density at radius 1 is 1.57 bits per heavy atom. The van der Waals surface area contributed by atoms with Crippen LogP contribution in [-0.2, 0) is 4.74 Å². The van der Waals surface area contributed by atoms with E-state index in [0.29, 0.717) is 0 Å². The fraction of sp³-hybridized carbons (Fsp3) is 1.00. The molecule has 0 saturated carbocycles. The van der Waals surface area contributed by atoms with Crippen LogP contribution in [0, 0.1) is 0 Å². The van der Waals surface area contributed by atoms with Gasteiger partial charge in [0, 0.05) is 4.91 Å². The summed E-state index contributed by atoms with van der Waals surface area (Å²) in [5.74, 6) is -2.41. The Morgan fingerprint density at radius 3 is 2.64 bits per heavy atom. The van der Waals surface area contributed by atoms with Crippen molar-refractivity contribution in [3.8, 4) is 0 Å². The molecule has 0 aliphatic carbocycles. The summed E-state index contributed by atoms with van der Waals surface area (Å²) >= 11 is 0. The molecule has 1 aliphatic rings. The first kappa shape index (κ1) is 11.2. The van der Waals surface area contributed by atoms with Gasteiger partial charge >= 0.3 is 0 Å². The number of aliphatic hydroxyl groups excluding tert-OH is 2. The second-order valence-corrected chi connectivity index (χ2v) is 2.98. The van der Waals surface area contributed by atoms with E-state index in [1.165, 1.54) is 0 Å². The molecular formula is C6H10FN3O4. The maximum Gasteiger partial charge on any atom is 0.224 e. The lowest BCUT2D eigenvalue weighted by Gasteiger charge is -2.21. The fourth-order valence-corrected chi connectivity index (χ4v) is 1.24. The highest BCUT2D eigenvalue weighted by atomic mass is 19.1. The van der Waals surface area contributed by atoms with Gasteiger partial charge in [-0.2, -0.15) is 0 Å². The van der Waals surface area contributed by atoms with E-state index in [2.05, 4.69) is 14.8 Å². The Labute approximate surface area is 78.4 Å². The molecule has 0 aromatic rings. The monoisotopic (exact) mass is 207 g/mol. The highest BCUT2D eigenvalue weighted by molar-refractivity contribution is 4.96. The molecule has 0 spiro atoms. The lowest BCUT2D eigenvalue weighted by molar-refractivity contribution is -0.233. The third-order valence-corrected chi connectivity index (χ3v) is 2.04. The van der Waals surface area contributed by atoms with Gasteiger partial charge in [-0.1, -0.05) is 5.11 Å². The molecule has 1 unspecified atom stereocenters. The molecule has 0 aromatic carbocycles. The van der Waals surface area contributed by atoms with E-state index in [1.807, 2.05) is 0 Å². The average Bonchev–Trinajstić information content (AvgIpc) is 2.41. The molecule has 1 saturated heterocycles. The minimum absolute atomic E-state index is 0.281. The number of hydrogen-bond acceptors (Lipinski definition) is 5. The Kier molecular flexibility index (Phi) is 3.25. The van der Waals surface area contributed by atoms with Crippen LogP contribution in [0.4, 0.5) is 4.39 Å². The maximum absolute atomic E-state index is 12.3. The van der Waals surface area contributed by atoms with Crippen LogP contribution < -0.4 is 0 Å². The molecule has 0 bridgehead atoms. The zero-order chi connectivity index (χ0) is 10.8. The Balaban J connectivity index is 2.71. The second kappa shape index (κ2) is 4.07. The van der Waals surface area contributed by atoms with Crippen molar-refractivity contribution in [1.82, 2.24) is 0 Å². The smallest absolute Gasteiger partial charge is 0.224 e. The zero-order valence-electron chi connectivity index (χ0n) is 7.12. The largest absolute Gasteiger partial charge is 0.387 e. The lowest BCUT2D eigenvalue weighted by Crippen LogP contribution is -2.44. The number of ether oxygens (including phenoxy) is 1. The van der Waals surface area contributed by atoms with Crippen molar-refractivity contribution in [1.29, 1.82) is 0 Å². The predicted octanol–water partition coefficient (Wildman–Crippen LogP) is -0.925. The third-order valence-electron chi connectivity index (χ3n) is 2.04. The zero-order valence-corrected chi connectivity index (χ0v) is 7.12. The molecule has 3 N–H and O–H groups in total. The van der Waals surface area contributed by atoms with Gasteiger partial charge in [0.25, 0.3) is 0 Å². The molecule has 1 aliphatic heterocycles. The molecule has 0 aromatic heterocycles. The van der Waals surface area contributed by atoms with Crippen molar-refractivity contribution < 1.29 is 24.4 Å². The molecule has 1 rings (SSSR count). The van der Waals surface area contributed by atoms with Crippen molar-refractivity contribution >= 4 is 0 Å². The molecule has 1 heterocycles. The van der Waals surface area contributed by atoms with Crippen LogP contribution in [0.15, 0.2) is 5.11 Å². The van der Waals surface area contributed by atoms with Gasteiger partial charge < -0.3 is 20.1 Å². The predicted molar refractivity (Wildman–Crippen MR) is 41.8 cm³/mol. The number of aliphatic hydroxyl groups is 3. The summed E-state index contributed by atoms with van der Waals surface area (Å²) in [7, 11) is 0. The SMILES string of the molecule is [N-]=[N+]=NC[C@@H]1OC(O)(CF)[C@@H](O)[C@@H]1O. The van der Waals surface area contributed by atoms with E-state index < -0.39 is 30.8 Å². The summed E-state index contributed by atoms with van der Waals surface area (Å²) in [4.78, 5) is 2.41. The molecular weight excluding hydrogens is 197 g/mol. The number of nitrogens with zero attached hydrogens (tertiary/aromatic N) is 3. The third kappa shape index (κ3) is 1.79. The van der Waals surface area contributed by atoms with Gasteiger partial charge in [-0.15, -0.1) is 0 Å². The minimum atomic E-state index is -2.41. The topological polar surface area (TPSA) is 119 Å². The lowest BCUT2D eigenvalue weighted by atomic mass is 10.1. The summed E-state index contributed by atoms with van der Waals surface area (Å²) in [5.41, 5.74) is 7.99. The number of azide groups is 1. The van der Waals surface area contributed by atoms with Crippen LogP contribution in [0.3, 0.4) is 0 Å². The summed E-state index contributed by atoms with van der Waals surface area (Å²) in [5, 5.41) is 30.8. The molecule has 8 heteroatoms. The van der Waals surface area contributed by atoms with E-state index in [-0.39, 0.29) is 6.54 Å². The Hall–Kier alpha value is -0.920. The van der Waals surface area contributed by atoms with Gasteiger partial charge in [0.2, 0.25) is 5.79 Å². The van der Waals surface area contributed by atoms with Crippen LogP contribution >= 0.6 is 0 Å². The first-order chi connectivity index (χ1) is 6.55. The molecule has 0 amide bonds. The van der Waals surface area contributed by atoms with Crippen LogP contribution in [0.2, 0.25) is 0 Å². The van der Waals surface area contributed by atoms with Crippen molar-refractivity contribution in [2.45, 2.75) is 24.1 Å². The van der Waals surface area contributed by atoms with E-state index in [4.69, 9.17) is 5.53 Å². The highest BCUT2D eigenvalue weighted by Gasteiger charge is 2.53. The van der Waals surface area contributed by atoms with Gasteiger partial charge in [0.05, 0.1) is 12.6 Å². The average molecular weight is 207 g/mol. The summed E-state index contributed by atoms with van der Waals surface area (Å²) < 4.78 is 16.9. The number of hydrogen-bond donors (Lipinski definition) is 3. The molecule has 0 radical (unpaired) electrons. The van der Waals surface area contributed by atoms with E-state index in [0.717, 1.165) is 0 Å². The summed E-state index contributed by atoms with van der Waals surface area (Å²) in [6.45, 7) is -1.63. The van der Waals surface area contributed by atoms with Gasteiger partial charge in [0.1, 0.15) is 18.9 Å². The minimum Gasteiger partial charge on any atom is -0.387 e.